The number of nitrogens with zero attached hydrogens (tertiary/aromatic N) is 1. The molecule has 1 aliphatic carbocycles. The van der Waals surface area contributed by atoms with Crippen molar-refractivity contribution in [2.24, 2.45) is 11.8 Å². The second kappa shape index (κ2) is 11.0. The van der Waals surface area contributed by atoms with Gasteiger partial charge in [0.15, 0.2) is 6.61 Å². The van der Waals surface area contributed by atoms with E-state index in [1.165, 1.54) is 34.7 Å². The van der Waals surface area contributed by atoms with Gasteiger partial charge in [0.1, 0.15) is 0 Å². The van der Waals surface area contributed by atoms with Crippen molar-refractivity contribution >= 4 is 58.3 Å². The van der Waals surface area contributed by atoms with Gasteiger partial charge in [-0.1, -0.05) is 59.6 Å². The highest BCUT2D eigenvalue weighted by atomic mass is 35.5. The molecule has 0 aromatic heterocycles. The first-order chi connectivity index (χ1) is 18.3. The van der Waals surface area contributed by atoms with Gasteiger partial charge < -0.3 is 10.1 Å². The number of amides is 3. The van der Waals surface area contributed by atoms with Gasteiger partial charge in [0, 0.05) is 5.02 Å². The predicted molar refractivity (Wildman–Crippen MR) is 144 cm³/mol. The summed E-state index contributed by atoms with van der Waals surface area (Å²) in [4.78, 5) is 52.7. The summed E-state index contributed by atoms with van der Waals surface area (Å²) in [6.07, 6.45) is 2.09. The van der Waals surface area contributed by atoms with Crippen LogP contribution in [-0.2, 0) is 19.1 Å². The third kappa shape index (κ3) is 5.30. The molecule has 38 heavy (non-hydrogen) atoms. The molecule has 3 atom stereocenters. The molecule has 1 N–H and O–H groups in total. The zero-order valence-electron chi connectivity index (χ0n) is 20.2. The summed E-state index contributed by atoms with van der Waals surface area (Å²) in [6.45, 7) is -0.557. The Morgan fingerprint density at radius 2 is 1.66 bits per heavy atom. The first-order valence-corrected chi connectivity index (χ1v) is 13.0. The molecule has 1 saturated carbocycles. The summed E-state index contributed by atoms with van der Waals surface area (Å²) >= 11 is 12.0. The molecular formula is C29H24Cl2N2O5. The van der Waals surface area contributed by atoms with Crippen LogP contribution in [0, 0.1) is 11.8 Å². The van der Waals surface area contributed by atoms with E-state index in [-0.39, 0.29) is 40.2 Å². The number of imide groups is 1. The molecule has 3 aromatic carbocycles. The van der Waals surface area contributed by atoms with Gasteiger partial charge in [-0.05, 0) is 67.1 Å². The van der Waals surface area contributed by atoms with Crippen molar-refractivity contribution in [3.05, 3.63) is 94.0 Å². The summed E-state index contributed by atoms with van der Waals surface area (Å²) in [5.41, 5.74) is 1.91. The highest BCUT2D eigenvalue weighted by Crippen LogP contribution is 2.45. The van der Waals surface area contributed by atoms with Crippen LogP contribution in [0.25, 0.3) is 0 Å². The number of carbonyl (C=O) groups excluding carboxylic acids is 4. The fraction of sp³-hybridized carbons (Fsp3) is 0.241. The van der Waals surface area contributed by atoms with Crippen molar-refractivity contribution in [1.82, 2.24) is 0 Å². The lowest BCUT2D eigenvalue weighted by Crippen LogP contribution is -2.31. The van der Waals surface area contributed by atoms with Crippen LogP contribution in [0.3, 0.4) is 0 Å². The van der Waals surface area contributed by atoms with E-state index in [0.29, 0.717) is 29.2 Å². The lowest BCUT2D eigenvalue weighted by atomic mass is 9.73. The number of esters is 1. The van der Waals surface area contributed by atoms with Gasteiger partial charge in [-0.15, -0.1) is 0 Å². The molecule has 3 aromatic rings. The Morgan fingerprint density at radius 3 is 2.45 bits per heavy atom. The fourth-order valence-electron chi connectivity index (χ4n) is 5.23. The van der Waals surface area contributed by atoms with Crippen LogP contribution in [0.15, 0.2) is 72.8 Å². The standard InChI is InChI=1S/C29H24Cl2N2O5/c30-20-10-12-24(31)25(15-20)32-26(34)16-38-29(37)19-7-4-8-21(13-19)33-27(35)22-11-9-18(14-23(22)28(33)36)17-5-2-1-3-6-17/h1-8,10,12-13,15,18,22-23H,9,11,14,16H2,(H,32,34)/t18-,22-,23-/m1/s1. The monoisotopic (exact) mass is 550 g/mol. The molecule has 5 rings (SSSR count). The average molecular weight is 551 g/mol. The second-order valence-corrected chi connectivity index (χ2v) is 10.3. The van der Waals surface area contributed by atoms with Crippen molar-refractivity contribution < 1.29 is 23.9 Å². The van der Waals surface area contributed by atoms with E-state index in [4.69, 9.17) is 27.9 Å². The van der Waals surface area contributed by atoms with E-state index in [9.17, 15) is 19.2 Å². The number of nitrogens with one attached hydrogen (secondary N) is 1. The van der Waals surface area contributed by atoms with E-state index in [1.807, 2.05) is 18.2 Å². The molecule has 1 aliphatic heterocycles. The summed E-state index contributed by atoms with van der Waals surface area (Å²) in [5, 5.41) is 3.22. The number of ether oxygens (including phenoxy) is 1. The SMILES string of the molecule is O=C(COC(=O)c1cccc(N2C(=O)[C@@H]3CC[C@@H](c4ccccc4)C[C@H]3C2=O)c1)Nc1cc(Cl)ccc1Cl. The lowest BCUT2D eigenvalue weighted by Gasteiger charge is -2.28. The zero-order valence-corrected chi connectivity index (χ0v) is 21.7. The largest absolute Gasteiger partial charge is 0.452 e. The molecule has 3 amide bonds. The van der Waals surface area contributed by atoms with Crippen molar-refractivity contribution in [3.63, 3.8) is 0 Å². The minimum Gasteiger partial charge on any atom is -0.452 e. The average Bonchev–Trinajstić information content (AvgIpc) is 3.18. The van der Waals surface area contributed by atoms with Crippen LogP contribution in [-0.4, -0.2) is 30.3 Å². The van der Waals surface area contributed by atoms with Crippen LogP contribution in [0.2, 0.25) is 10.0 Å². The van der Waals surface area contributed by atoms with Crippen LogP contribution in [0.1, 0.15) is 41.1 Å². The van der Waals surface area contributed by atoms with Gasteiger partial charge in [-0.3, -0.25) is 19.3 Å². The second-order valence-electron chi connectivity index (χ2n) is 9.44. The van der Waals surface area contributed by atoms with Gasteiger partial charge in [-0.25, -0.2) is 4.79 Å². The summed E-state index contributed by atoms with van der Waals surface area (Å²) in [5.74, 6) is -2.37. The molecule has 194 valence electrons. The minimum absolute atomic E-state index is 0.119. The molecule has 0 bridgehead atoms. The molecule has 0 spiro atoms. The number of carbonyl (C=O) groups is 4. The number of hydrogen-bond donors (Lipinski definition) is 1. The smallest absolute Gasteiger partial charge is 0.338 e. The highest BCUT2D eigenvalue weighted by Gasteiger charge is 2.50. The van der Waals surface area contributed by atoms with E-state index in [2.05, 4.69) is 17.4 Å². The highest BCUT2D eigenvalue weighted by molar-refractivity contribution is 6.35. The Balaban J connectivity index is 1.25. The molecular weight excluding hydrogens is 527 g/mol. The molecule has 9 heteroatoms. The van der Waals surface area contributed by atoms with E-state index in [0.717, 1.165) is 6.42 Å². The summed E-state index contributed by atoms with van der Waals surface area (Å²) in [7, 11) is 0. The fourth-order valence-corrected chi connectivity index (χ4v) is 5.56. The number of fused-ring (bicyclic) bond motifs is 1. The van der Waals surface area contributed by atoms with Crippen LogP contribution in [0.4, 0.5) is 11.4 Å². The van der Waals surface area contributed by atoms with Crippen molar-refractivity contribution in [1.29, 1.82) is 0 Å². The van der Waals surface area contributed by atoms with Gasteiger partial charge in [0.05, 0.1) is 33.8 Å². The minimum atomic E-state index is -0.764. The normalized spacial score (nSPS) is 20.7. The van der Waals surface area contributed by atoms with Crippen LogP contribution in [0.5, 0.6) is 0 Å². The predicted octanol–water partition coefficient (Wildman–Crippen LogP) is 5.86. The zero-order chi connectivity index (χ0) is 26.8. The Kier molecular flexibility index (Phi) is 7.49. The van der Waals surface area contributed by atoms with Gasteiger partial charge in [-0.2, -0.15) is 0 Å². The van der Waals surface area contributed by atoms with Crippen molar-refractivity contribution in [3.8, 4) is 0 Å². The lowest BCUT2D eigenvalue weighted by molar-refractivity contribution is -0.122. The van der Waals surface area contributed by atoms with Crippen molar-refractivity contribution in [2.75, 3.05) is 16.8 Å². The Hall–Kier alpha value is -3.68. The quantitative estimate of drug-likeness (QED) is 0.306. The summed E-state index contributed by atoms with van der Waals surface area (Å²) in [6, 6.07) is 20.8. The molecule has 0 radical (unpaired) electrons. The first kappa shape index (κ1) is 25.9. The maximum absolute atomic E-state index is 13.4. The molecule has 2 fully saturated rings. The van der Waals surface area contributed by atoms with E-state index >= 15 is 0 Å². The van der Waals surface area contributed by atoms with Crippen LogP contribution < -0.4 is 10.2 Å². The van der Waals surface area contributed by atoms with Gasteiger partial charge in [0.2, 0.25) is 11.8 Å². The van der Waals surface area contributed by atoms with E-state index < -0.39 is 18.5 Å². The molecule has 0 unspecified atom stereocenters. The summed E-state index contributed by atoms with van der Waals surface area (Å²) < 4.78 is 5.15. The van der Waals surface area contributed by atoms with Crippen molar-refractivity contribution in [2.45, 2.75) is 25.2 Å². The topological polar surface area (TPSA) is 92.8 Å². The number of rotatable bonds is 6. The van der Waals surface area contributed by atoms with E-state index in [1.54, 1.807) is 18.2 Å². The molecule has 2 aliphatic rings. The van der Waals surface area contributed by atoms with Crippen LogP contribution >= 0.6 is 23.2 Å². The molecule has 1 saturated heterocycles. The third-order valence-electron chi connectivity index (χ3n) is 7.07. The Bertz CT molecular complexity index is 1410. The van der Waals surface area contributed by atoms with Gasteiger partial charge in [0.25, 0.3) is 5.91 Å². The number of halogens is 2. The molecule has 1 heterocycles. The maximum Gasteiger partial charge on any atom is 0.338 e. The maximum atomic E-state index is 13.4. The Labute approximate surface area is 229 Å². The van der Waals surface area contributed by atoms with Gasteiger partial charge >= 0.3 is 5.97 Å². The number of benzene rings is 3. The molecule has 7 nitrogen and oxygen atoms in total. The first-order valence-electron chi connectivity index (χ1n) is 12.3. The Morgan fingerprint density at radius 1 is 0.895 bits per heavy atom. The number of hydrogen-bond acceptors (Lipinski definition) is 5. The third-order valence-corrected chi connectivity index (χ3v) is 7.64. The number of anilines is 2.